The van der Waals surface area contributed by atoms with Gasteiger partial charge in [0.25, 0.3) is 5.91 Å². The van der Waals surface area contributed by atoms with E-state index in [1.807, 2.05) is 18.9 Å². The van der Waals surface area contributed by atoms with Crippen LogP contribution in [0.2, 0.25) is 0 Å². The van der Waals surface area contributed by atoms with E-state index in [0.29, 0.717) is 0 Å². The summed E-state index contributed by atoms with van der Waals surface area (Å²) in [7, 11) is 1.87. The van der Waals surface area contributed by atoms with Gasteiger partial charge in [0.2, 0.25) is 0 Å². The van der Waals surface area contributed by atoms with Gasteiger partial charge in [0.15, 0.2) is 0 Å². The number of fused-ring (bicyclic) bond motifs is 1. The van der Waals surface area contributed by atoms with Crippen LogP contribution in [0, 0.1) is 13.8 Å². The van der Waals surface area contributed by atoms with Gasteiger partial charge in [-0.15, -0.1) is 11.3 Å². The lowest BCUT2D eigenvalue weighted by Crippen LogP contribution is -2.21. The Kier molecular flexibility index (Phi) is 1.74. The molecule has 0 radical (unpaired) electrons. The molecule has 1 unspecified atom stereocenters. The van der Waals surface area contributed by atoms with Crippen molar-refractivity contribution in [3.8, 4) is 0 Å². The van der Waals surface area contributed by atoms with Gasteiger partial charge in [-0.05, 0) is 20.8 Å². The Morgan fingerprint density at radius 2 is 1.92 bits per heavy atom. The third kappa shape index (κ3) is 0.967. The molecule has 1 aromatic rings. The molecule has 2 nitrogen and oxygen atoms in total. The maximum Gasteiger partial charge on any atom is 0.255 e. The standard InChI is InChI=1S/C10H13NOS/c1-5-8-6(2)13-7(3)9(8)10(12)11(5)4/h5H,1-4H3. The zero-order valence-corrected chi connectivity index (χ0v) is 9.16. The van der Waals surface area contributed by atoms with Gasteiger partial charge in [-0.2, -0.15) is 0 Å². The molecule has 0 aromatic carbocycles. The molecule has 2 rings (SSSR count). The summed E-state index contributed by atoms with van der Waals surface area (Å²) in [5.74, 6) is 0.185. The summed E-state index contributed by atoms with van der Waals surface area (Å²) in [6.45, 7) is 6.21. The van der Waals surface area contributed by atoms with Crippen molar-refractivity contribution in [3.05, 3.63) is 20.9 Å². The van der Waals surface area contributed by atoms with Gasteiger partial charge in [-0.1, -0.05) is 0 Å². The van der Waals surface area contributed by atoms with Gasteiger partial charge >= 0.3 is 0 Å². The molecule has 0 bridgehead atoms. The highest BCUT2D eigenvalue weighted by molar-refractivity contribution is 7.12. The van der Waals surface area contributed by atoms with Crippen LogP contribution < -0.4 is 0 Å². The molecule has 70 valence electrons. The molecule has 0 fully saturated rings. The summed E-state index contributed by atoms with van der Waals surface area (Å²) in [4.78, 5) is 16.0. The number of carbonyl (C=O) groups excluding carboxylic acids is 1. The van der Waals surface area contributed by atoms with E-state index in [1.54, 1.807) is 11.3 Å². The predicted octanol–water partition coefficient (Wildman–Crippen LogP) is 2.51. The first kappa shape index (κ1) is 8.75. The Bertz CT molecular complexity index is 381. The van der Waals surface area contributed by atoms with Gasteiger partial charge in [-0.3, -0.25) is 4.79 Å². The lowest BCUT2D eigenvalue weighted by Gasteiger charge is -2.16. The van der Waals surface area contributed by atoms with Crippen LogP contribution in [0.3, 0.4) is 0 Å². The molecule has 1 aliphatic rings. The lowest BCUT2D eigenvalue weighted by atomic mass is 10.1. The first-order valence-electron chi connectivity index (χ1n) is 4.41. The molecule has 1 amide bonds. The molecule has 1 aliphatic heterocycles. The summed E-state index contributed by atoms with van der Waals surface area (Å²) in [6.07, 6.45) is 0. The monoisotopic (exact) mass is 195 g/mol. The van der Waals surface area contributed by atoms with Gasteiger partial charge in [0.05, 0.1) is 11.6 Å². The van der Waals surface area contributed by atoms with E-state index >= 15 is 0 Å². The molecular formula is C10H13NOS. The van der Waals surface area contributed by atoms with Gasteiger partial charge in [0, 0.05) is 22.4 Å². The minimum absolute atomic E-state index is 0.185. The molecule has 0 spiro atoms. The topological polar surface area (TPSA) is 20.3 Å². The van der Waals surface area contributed by atoms with E-state index in [0.717, 1.165) is 10.4 Å². The molecule has 0 aliphatic carbocycles. The van der Waals surface area contributed by atoms with Crippen molar-refractivity contribution in [2.75, 3.05) is 7.05 Å². The fourth-order valence-corrected chi connectivity index (χ4v) is 3.16. The van der Waals surface area contributed by atoms with Crippen LogP contribution in [0.5, 0.6) is 0 Å². The van der Waals surface area contributed by atoms with Crippen LogP contribution in [0.4, 0.5) is 0 Å². The molecule has 13 heavy (non-hydrogen) atoms. The van der Waals surface area contributed by atoms with Crippen molar-refractivity contribution in [1.29, 1.82) is 0 Å². The second kappa shape index (κ2) is 2.58. The number of aryl methyl sites for hydroxylation is 2. The third-order valence-corrected chi connectivity index (χ3v) is 3.88. The number of amides is 1. The average Bonchev–Trinajstić information content (AvgIpc) is 2.47. The van der Waals surface area contributed by atoms with Crippen LogP contribution in [0.1, 0.15) is 38.6 Å². The highest BCUT2D eigenvalue weighted by Crippen LogP contribution is 2.40. The van der Waals surface area contributed by atoms with Crippen molar-refractivity contribution in [2.24, 2.45) is 0 Å². The first-order valence-corrected chi connectivity index (χ1v) is 5.22. The highest BCUT2D eigenvalue weighted by atomic mass is 32.1. The smallest absolute Gasteiger partial charge is 0.255 e. The Hall–Kier alpha value is -0.830. The zero-order valence-electron chi connectivity index (χ0n) is 8.34. The van der Waals surface area contributed by atoms with Crippen molar-refractivity contribution < 1.29 is 4.79 Å². The largest absolute Gasteiger partial charge is 0.335 e. The van der Waals surface area contributed by atoms with Crippen molar-refractivity contribution in [2.45, 2.75) is 26.8 Å². The lowest BCUT2D eigenvalue weighted by molar-refractivity contribution is 0.0783. The molecule has 1 atom stereocenters. The zero-order chi connectivity index (χ0) is 9.75. The Morgan fingerprint density at radius 1 is 1.31 bits per heavy atom. The van der Waals surface area contributed by atoms with Crippen LogP contribution in [-0.4, -0.2) is 17.9 Å². The average molecular weight is 195 g/mol. The van der Waals surface area contributed by atoms with Crippen LogP contribution in [0.25, 0.3) is 0 Å². The Balaban J connectivity index is 2.68. The van der Waals surface area contributed by atoms with Gasteiger partial charge in [-0.25, -0.2) is 0 Å². The number of hydrogen-bond acceptors (Lipinski definition) is 2. The number of hydrogen-bond donors (Lipinski definition) is 0. The normalized spacial score (nSPS) is 21.1. The quantitative estimate of drug-likeness (QED) is 0.623. The Labute approximate surface area is 82.2 Å². The van der Waals surface area contributed by atoms with Crippen molar-refractivity contribution in [3.63, 3.8) is 0 Å². The summed E-state index contributed by atoms with van der Waals surface area (Å²) in [5.41, 5.74) is 2.20. The van der Waals surface area contributed by atoms with Crippen molar-refractivity contribution >= 4 is 17.2 Å². The second-order valence-corrected chi connectivity index (χ2v) is 5.02. The number of rotatable bonds is 0. The minimum atomic E-state index is 0.185. The van der Waals surface area contributed by atoms with E-state index in [-0.39, 0.29) is 11.9 Å². The molecule has 3 heteroatoms. The number of nitrogens with zero attached hydrogens (tertiary/aromatic N) is 1. The van der Waals surface area contributed by atoms with Gasteiger partial charge in [0.1, 0.15) is 0 Å². The summed E-state index contributed by atoms with van der Waals surface area (Å²) in [6, 6.07) is 0.257. The maximum atomic E-state index is 11.8. The summed E-state index contributed by atoms with van der Waals surface area (Å²) >= 11 is 1.73. The van der Waals surface area contributed by atoms with E-state index in [1.165, 1.54) is 10.4 Å². The fourth-order valence-electron chi connectivity index (χ4n) is 2.02. The first-order chi connectivity index (χ1) is 6.04. The molecular weight excluding hydrogens is 182 g/mol. The third-order valence-electron chi connectivity index (χ3n) is 2.84. The minimum Gasteiger partial charge on any atom is -0.335 e. The predicted molar refractivity (Wildman–Crippen MR) is 54.3 cm³/mol. The molecule has 0 saturated carbocycles. The number of thiophene rings is 1. The summed E-state index contributed by atoms with van der Waals surface area (Å²) < 4.78 is 0. The molecule has 2 heterocycles. The Morgan fingerprint density at radius 3 is 2.46 bits per heavy atom. The SMILES string of the molecule is Cc1sc(C)c2c1C(=O)N(C)C2C. The van der Waals surface area contributed by atoms with E-state index in [9.17, 15) is 4.79 Å². The summed E-state index contributed by atoms with van der Waals surface area (Å²) in [5, 5.41) is 0. The number of carbonyl (C=O) groups is 1. The molecule has 0 N–H and O–H groups in total. The van der Waals surface area contributed by atoms with E-state index in [2.05, 4.69) is 13.8 Å². The second-order valence-electron chi connectivity index (χ2n) is 3.60. The van der Waals surface area contributed by atoms with Crippen LogP contribution >= 0.6 is 11.3 Å². The fraction of sp³-hybridized carbons (Fsp3) is 0.500. The maximum absolute atomic E-state index is 11.8. The molecule has 0 saturated heterocycles. The van der Waals surface area contributed by atoms with Crippen molar-refractivity contribution in [1.82, 2.24) is 4.90 Å². The van der Waals surface area contributed by atoms with E-state index in [4.69, 9.17) is 0 Å². The van der Waals surface area contributed by atoms with Crippen LogP contribution in [0.15, 0.2) is 0 Å². The van der Waals surface area contributed by atoms with E-state index < -0.39 is 0 Å². The molecule has 1 aromatic heterocycles. The highest BCUT2D eigenvalue weighted by Gasteiger charge is 2.35. The van der Waals surface area contributed by atoms with Gasteiger partial charge < -0.3 is 4.90 Å². The van der Waals surface area contributed by atoms with Crippen LogP contribution in [-0.2, 0) is 0 Å².